The van der Waals surface area contributed by atoms with E-state index in [9.17, 15) is 14.4 Å². The van der Waals surface area contributed by atoms with E-state index in [-0.39, 0.29) is 18.0 Å². The highest BCUT2D eigenvalue weighted by molar-refractivity contribution is 6.08. The molecule has 0 N–H and O–H groups in total. The van der Waals surface area contributed by atoms with Crippen LogP contribution < -0.4 is 9.80 Å². The third kappa shape index (κ3) is 4.86. The standard InChI is InChI=1S/C33H33N5O3/c1-2-36-29-19-11-12-20-30(29)38(28-18-10-9-17-27(28)31(36)39)33(41)35-23-21-34(22-24-35)32(40)37(25-13-5-3-6-14-25)26-15-7-4-8-16-26/h3-10,12-18,20H,2,11,19,21-24H2,1H3. The minimum absolute atomic E-state index is 0.0847. The maximum atomic E-state index is 14.2. The van der Waals surface area contributed by atoms with Crippen LogP contribution in [0.5, 0.6) is 0 Å². The van der Waals surface area contributed by atoms with Crippen molar-refractivity contribution in [2.75, 3.05) is 42.5 Å². The van der Waals surface area contributed by atoms with Crippen molar-refractivity contribution in [3.8, 4) is 0 Å². The lowest BCUT2D eigenvalue weighted by molar-refractivity contribution is 0.0809. The molecule has 0 radical (unpaired) electrons. The Bertz CT molecular complexity index is 1470. The van der Waals surface area contributed by atoms with Crippen molar-refractivity contribution in [2.24, 2.45) is 0 Å². The smallest absolute Gasteiger partial charge is 0.320 e. The van der Waals surface area contributed by atoms with E-state index in [1.165, 1.54) is 0 Å². The summed E-state index contributed by atoms with van der Waals surface area (Å²) in [5.41, 5.74) is 4.31. The number of rotatable bonds is 3. The molecule has 0 saturated carbocycles. The van der Waals surface area contributed by atoms with Crippen LogP contribution in [0.4, 0.5) is 26.7 Å². The molecule has 0 unspecified atom stereocenters. The summed E-state index contributed by atoms with van der Waals surface area (Å²) in [5, 5.41) is 0. The summed E-state index contributed by atoms with van der Waals surface area (Å²) in [6, 6.07) is 26.2. The van der Waals surface area contributed by atoms with Gasteiger partial charge in [0.1, 0.15) is 0 Å². The average molecular weight is 548 g/mol. The fourth-order valence-electron chi connectivity index (χ4n) is 5.80. The van der Waals surface area contributed by atoms with Crippen LogP contribution in [0.1, 0.15) is 30.1 Å². The molecule has 208 valence electrons. The zero-order valence-corrected chi connectivity index (χ0v) is 23.1. The van der Waals surface area contributed by atoms with E-state index in [0.29, 0.717) is 50.4 Å². The average Bonchev–Trinajstić information content (AvgIpc) is 3.13. The van der Waals surface area contributed by atoms with Gasteiger partial charge >= 0.3 is 12.1 Å². The van der Waals surface area contributed by atoms with Gasteiger partial charge in [-0.15, -0.1) is 0 Å². The molecule has 2 heterocycles. The predicted molar refractivity (Wildman–Crippen MR) is 160 cm³/mol. The third-order valence-electron chi connectivity index (χ3n) is 7.85. The molecule has 6 rings (SSSR count). The largest absolute Gasteiger partial charge is 0.329 e. The van der Waals surface area contributed by atoms with E-state index in [2.05, 4.69) is 6.08 Å². The van der Waals surface area contributed by atoms with Gasteiger partial charge in [-0.25, -0.2) is 9.59 Å². The lowest BCUT2D eigenvalue weighted by Crippen LogP contribution is -2.56. The Hall–Kier alpha value is -4.85. The molecule has 8 nitrogen and oxygen atoms in total. The summed E-state index contributed by atoms with van der Waals surface area (Å²) < 4.78 is 0. The summed E-state index contributed by atoms with van der Waals surface area (Å²) >= 11 is 0. The Balaban J connectivity index is 1.26. The van der Waals surface area contributed by atoms with E-state index >= 15 is 0 Å². The van der Waals surface area contributed by atoms with Crippen molar-refractivity contribution in [3.05, 3.63) is 114 Å². The van der Waals surface area contributed by atoms with Crippen molar-refractivity contribution < 1.29 is 14.4 Å². The van der Waals surface area contributed by atoms with E-state index in [4.69, 9.17) is 0 Å². The van der Waals surface area contributed by atoms with Crippen molar-refractivity contribution in [3.63, 3.8) is 0 Å². The van der Waals surface area contributed by atoms with Crippen LogP contribution in [0.3, 0.4) is 0 Å². The molecule has 0 bridgehead atoms. The number of fused-ring (bicyclic) bond motifs is 1. The number of anilines is 3. The zero-order chi connectivity index (χ0) is 28.3. The molecule has 5 amide bonds. The SMILES string of the molecule is CCN1C(=O)c2ccccc2N(C(=O)N2CCN(C(=O)N(c3ccccc3)c3ccccc3)CC2)C2=C1CCC=C2. The number of benzene rings is 3. The Morgan fingerprint density at radius 1 is 0.780 bits per heavy atom. The van der Waals surface area contributed by atoms with Gasteiger partial charge in [0.15, 0.2) is 0 Å². The number of carbonyl (C=O) groups excluding carboxylic acids is 3. The number of para-hydroxylation sites is 3. The van der Waals surface area contributed by atoms with Crippen LogP contribution in [0, 0.1) is 0 Å². The molecule has 3 aromatic rings. The number of urea groups is 2. The molecule has 3 aliphatic rings. The molecule has 0 spiro atoms. The second kappa shape index (κ2) is 11.3. The second-order valence-corrected chi connectivity index (χ2v) is 10.2. The fourth-order valence-corrected chi connectivity index (χ4v) is 5.80. The normalized spacial score (nSPS) is 16.8. The molecule has 1 fully saturated rings. The number of allylic oxidation sites excluding steroid dienone is 3. The Morgan fingerprint density at radius 2 is 1.37 bits per heavy atom. The maximum Gasteiger partial charge on any atom is 0.329 e. The molecule has 1 aliphatic carbocycles. The Morgan fingerprint density at radius 3 is 2.00 bits per heavy atom. The third-order valence-corrected chi connectivity index (χ3v) is 7.85. The lowest BCUT2D eigenvalue weighted by atomic mass is 10.1. The van der Waals surface area contributed by atoms with Crippen molar-refractivity contribution >= 4 is 35.0 Å². The first-order valence-electron chi connectivity index (χ1n) is 14.2. The van der Waals surface area contributed by atoms with Gasteiger partial charge in [0.05, 0.1) is 28.3 Å². The summed E-state index contributed by atoms with van der Waals surface area (Å²) in [6.45, 7) is 4.07. The van der Waals surface area contributed by atoms with Gasteiger partial charge in [-0.2, -0.15) is 0 Å². The van der Waals surface area contributed by atoms with Gasteiger partial charge in [-0.1, -0.05) is 54.6 Å². The van der Waals surface area contributed by atoms with E-state index < -0.39 is 0 Å². The molecule has 0 atom stereocenters. The summed E-state index contributed by atoms with van der Waals surface area (Å²) in [6.07, 6.45) is 5.54. The quantitative estimate of drug-likeness (QED) is 0.391. The first-order valence-corrected chi connectivity index (χ1v) is 14.2. The minimum Gasteiger partial charge on any atom is -0.320 e. The number of amides is 5. The highest BCUT2D eigenvalue weighted by atomic mass is 16.2. The van der Waals surface area contributed by atoms with Gasteiger partial charge < -0.3 is 14.7 Å². The van der Waals surface area contributed by atoms with Crippen LogP contribution in [-0.4, -0.2) is 65.4 Å². The zero-order valence-electron chi connectivity index (χ0n) is 23.1. The highest BCUT2D eigenvalue weighted by Gasteiger charge is 2.38. The van der Waals surface area contributed by atoms with Gasteiger partial charge in [-0.05, 0) is 62.2 Å². The van der Waals surface area contributed by atoms with Crippen molar-refractivity contribution in [1.82, 2.24) is 14.7 Å². The molecule has 2 aliphatic heterocycles. The summed E-state index contributed by atoms with van der Waals surface area (Å²) in [7, 11) is 0. The van der Waals surface area contributed by atoms with Crippen LogP contribution in [0.25, 0.3) is 0 Å². The topological polar surface area (TPSA) is 67.4 Å². The van der Waals surface area contributed by atoms with Gasteiger partial charge in [0, 0.05) is 38.4 Å². The Labute approximate surface area is 240 Å². The highest BCUT2D eigenvalue weighted by Crippen LogP contribution is 2.37. The molecule has 8 heteroatoms. The number of piperazine rings is 1. The van der Waals surface area contributed by atoms with E-state index in [1.807, 2.05) is 91.9 Å². The van der Waals surface area contributed by atoms with Crippen LogP contribution in [0.2, 0.25) is 0 Å². The lowest BCUT2D eigenvalue weighted by Gasteiger charge is -2.40. The first kappa shape index (κ1) is 26.4. The monoisotopic (exact) mass is 547 g/mol. The number of carbonyl (C=O) groups is 3. The van der Waals surface area contributed by atoms with Gasteiger partial charge in [0.2, 0.25) is 0 Å². The maximum absolute atomic E-state index is 14.2. The van der Waals surface area contributed by atoms with E-state index in [1.54, 1.807) is 30.6 Å². The first-order chi connectivity index (χ1) is 20.1. The number of hydrogen-bond acceptors (Lipinski definition) is 3. The molecule has 3 aromatic carbocycles. The fraction of sp³-hybridized carbons (Fsp3) is 0.242. The number of nitrogens with zero attached hydrogens (tertiary/aromatic N) is 5. The van der Waals surface area contributed by atoms with E-state index in [0.717, 1.165) is 29.2 Å². The van der Waals surface area contributed by atoms with Gasteiger partial charge in [-0.3, -0.25) is 14.6 Å². The molecule has 41 heavy (non-hydrogen) atoms. The molecular formula is C33H33N5O3. The van der Waals surface area contributed by atoms with Crippen LogP contribution >= 0.6 is 0 Å². The van der Waals surface area contributed by atoms with Crippen molar-refractivity contribution in [1.29, 1.82) is 0 Å². The predicted octanol–water partition coefficient (Wildman–Crippen LogP) is 6.23. The molecule has 1 saturated heterocycles. The summed E-state index contributed by atoms with van der Waals surface area (Å²) in [5.74, 6) is -0.0847. The second-order valence-electron chi connectivity index (χ2n) is 10.2. The summed E-state index contributed by atoms with van der Waals surface area (Å²) in [4.78, 5) is 50.4. The molecular weight excluding hydrogens is 514 g/mol. The number of hydrogen-bond donors (Lipinski definition) is 0. The van der Waals surface area contributed by atoms with Crippen molar-refractivity contribution in [2.45, 2.75) is 19.8 Å². The molecule has 0 aromatic heterocycles. The van der Waals surface area contributed by atoms with Crippen LogP contribution in [0.15, 0.2) is 108 Å². The van der Waals surface area contributed by atoms with Crippen LogP contribution in [-0.2, 0) is 0 Å². The Kier molecular flexibility index (Phi) is 7.29. The minimum atomic E-state index is -0.183. The van der Waals surface area contributed by atoms with Gasteiger partial charge in [0.25, 0.3) is 5.91 Å².